The first kappa shape index (κ1) is 13.5. The van der Waals surface area contributed by atoms with Crippen molar-refractivity contribution in [3.05, 3.63) is 30.1 Å². The zero-order valence-corrected chi connectivity index (χ0v) is 11.4. The van der Waals surface area contributed by atoms with Crippen molar-refractivity contribution in [2.45, 2.75) is 24.6 Å². The highest BCUT2D eigenvalue weighted by Crippen LogP contribution is 2.16. The number of rotatable bonds is 4. The van der Waals surface area contributed by atoms with Crippen molar-refractivity contribution >= 4 is 10.0 Å². The highest BCUT2D eigenvalue weighted by Gasteiger charge is 2.27. The quantitative estimate of drug-likeness (QED) is 0.869. The molecule has 18 heavy (non-hydrogen) atoms. The van der Waals surface area contributed by atoms with Gasteiger partial charge in [0.25, 0.3) is 0 Å². The molecule has 1 aromatic rings. The lowest BCUT2D eigenvalue weighted by Gasteiger charge is -2.30. The largest absolute Gasteiger partial charge is 0.317 e. The van der Waals surface area contributed by atoms with Crippen molar-refractivity contribution in [2.75, 3.05) is 20.1 Å². The Labute approximate surface area is 108 Å². The standard InChI is InChI=1S/C12H19N3O2S/c1-13-11-5-8-15(9-6-11)18(16,17)10-12-4-2-3-7-14-12/h2-4,7,11,13H,5-6,8-10H2,1H3. The van der Waals surface area contributed by atoms with Crippen LogP contribution in [0.2, 0.25) is 0 Å². The van der Waals surface area contributed by atoms with Gasteiger partial charge in [0.2, 0.25) is 10.0 Å². The molecule has 6 heteroatoms. The lowest BCUT2D eigenvalue weighted by molar-refractivity contribution is 0.298. The highest BCUT2D eigenvalue weighted by atomic mass is 32.2. The summed E-state index contributed by atoms with van der Waals surface area (Å²) in [5, 5.41) is 3.19. The molecule has 0 bridgehead atoms. The summed E-state index contributed by atoms with van der Waals surface area (Å²) in [6, 6.07) is 5.78. The summed E-state index contributed by atoms with van der Waals surface area (Å²) in [6.45, 7) is 1.20. The number of nitrogens with one attached hydrogen (secondary N) is 1. The maximum absolute atomic E-state index is 12.2. The van der Waals surface area contributed by atoms with Gasteiger partial charge in [-0.25, -0.2) is 12.7 Å². The van der Waals surface area contributed by atoms with E-state index in [1.165, 1.54) is 0 Å². The van der Waals surface area contributed by atoms with Gasteiger partial charge in [0, 0.05) is 25.3 Å². The van der Waals surface area contributed by atoms with Crippen LogP contribution >= 0.6 is 0 Å². The first-order chi connectivity index (χ1) is 8.62. The topological polar surface area (TPSA) is 62.3 Å². The van der Waals surface area contributed by atoms with Gasteiger partial charge in [-0.15, -0.1) is 0 Å². The molecule has 0 spiro atoms. The van der Waals surface area contributed by atoms with Gasteiger partial charge >= 0.3 is 0 Å². The average molecular weight is 269 g/mol. The van der Waals surface area contributed by atoms with E-state index in [0.29, 0.717) is 24.8 Å². The third kappa shape index (κ3) is 3.28. The number of aromatic nitrogens is 1. The molecule has 1 aliphatic heterocycles. The van der Waals surface area contributed by atoms with Crippen LogP contribution in [0.15, 0.2) is 24.4 Å². The fraction of sp³-hybridized carbons (Fsp3) is 0.583. The molecule has 5 nitrogen and oxygen atoms in total. The van der Waals surface area contributed by atoms with E-state index in [1.54, 1.807) is 22.6 Å². The lowest BCUT2D eigenvalue weighted by atomic mass is 10.1. The van der Waals surface area contributed by atoms with Crippen LogP contribution < -0.4 is 5.32 Å². The SMILES string of the molecule is CNC1CCN(S(=O)(=O)Cc2ccccn2)CC1. The molecule has 1 aliphatic rings. The minimum absolute atomic E-state index is 0.00192. The number of piperidine rings is 1. The van der Waals surface area contributed by atoms with Crippen LogP contribution in [-0.4, -0.2) is 43.9 Å². The summed E-state index contributed by atoms with van der Waals surface area (Å²) in [7, 11) is -1.31. The minimum Gasteiger partial charge on any atom is -0.317 e. The monoisotopic (exact) mass is 269 g/mol. The molecule has 1 aromatic heterocycles. The summed E-state index contributed by atoms with van der Waals surface area (Å²) in [6.07, 6.45) is 3.37. The van der Waals surface area contributed by atoms with Crippen molar-refractivity contribution < 1.29 is 8.42 Å². The molecule has 0 aliphatic carbocycles. The third-order valence-corrected chi connectivity index (χ3v) is 5.12. The van der Waals surface area contributed by atoms with Crippen LogP contribution in [0, 0.1) is 0 Å². The Balaban J connectivity index is 2.00. The Morgan fingerprint density at radius 3 is 2.67 bits per heavy atom. The molecule has 2 rings (SSSR count). The van der Waals surface area contributed by atoms with Crippen molar-refractivity contribution in [3.8, 4) is 0 Å². The van der Waals surface area contributed by atoms with Crippen molar-refractivity contribution in [1.29, 1.82) is 0 Å². The van der Waals surface area contributed by atoms with Gasteiger partial charge in [0.05, 0.1) is 5.69 Å². The molecule has 0 radical (unpaired) electrons. The smallest absolute Gasteiger partial charge is 0.219 e. The summed E-state index contributed by atoms with van der Waals surface area (Å²) < 4.78 is 26.0. The fourth-order valence-electron chi connectivity index (χ4n) is 2.18. The molecule has 0 saturated carbocycles. The van der Waals surface area contributed by atoms with Crippen molar-refractivity contribution in [1.82, 2.24) is 14.6 Å². The fourth-order valence-corrected chi connectivity index (χ4v) is 3.68. The third-order valence-electron chi connectivity index (χ3n) is 3.31. The summed E-state index contributed by atoms with van der Waals surface area (Å²) >= 11 is 0. The molecular weight excluding hydrogens is 250 g/mol. The number of hydrogen-bond donors (Lipinski definition) is 1. The molecule has 2 heterocycles. The van der Waals surface area contributed by atoms with Crippen LogP contribution in [0.25, 0.3) is 0 Å². The van der Waals surface area contributed by atoms with E-state index in [2.05, 4.69) is 10.3 Å². The Kier molecular flexibility index (Phi) is 4.31. The first-order valence-corrected chi connectivity index (χ1v) is 7.78. The van der Waals surface area contributed by atoms with Crippen LogP contribution in [0.5, 0.6) is 0 Å². The van der Waals surface area contributed by atoms with E-state index in [0.717, 1.165) is 12.8 Å². The molecular formula is C12H19N3O2S. The average Bonchev–Trinajstić information content (AvgIpc) is 2.39. The Morgan fingerprint density at radius 2 is 2.11 bits per heavy atom. The zero-order valence-electron chi connectivity index (χ0n) is 10.5. The maximum atomic E-state index is 12.2. The molecule has 0 atom stereocenters. The molecule has 1 N–H and O–H groups in total. The van der Waals surface area contributed by atoms with Crippen molar-refractivity contribution in [3.63, 3.8) is 0 Å². The second-order valence-corrected chi connectivity index (χ2v) is 6.51. The van der Waals surface area contributed by atoms with Crippen LogP contribution in [0.3, 0.4) is 0 Å². The predicted octanol–water partition coefficient (Wildman–Crippen LogP) is 0.595. The summed E-state index contributed by atoms with van der Waals surface area (Å²) in [5.41, 5.74) is 0.605. The molecule has 0 aromatic carbocycles. The zero-order chi connectivity index (χ0) is 13.0. The molecule has 100 valence electrons. The van der Waals surface area contributed by atoms with Crippen LogP contribution in [-0.2, 0) is 15.8 Å². The number of nitrogens with zero attached hydrogens (tertiary/aromatic N) is 2. The normalized spacial score (nSPS) is 18.9. The van der Waals surface area contributed by atoms with Gasteiger partial charge in [-0.3, -0.25) is 4.98 Å². The predicted molar refractivity (Wildman–Crippen MR) is 70.5 cm³/mol. The van der Waals surface area contributed by atoms with Gasteiger partial charge < -0.3 is 5.32 Å². The summed E-state index contributed by atoms with van der Waals surface area (Å²) in [5.74, 6) is -0.00192. The maximum Gasteiger partial charge on any atom is 0.219 e. The Hall–Kier alpha value is -0.980. The Bertz CT molecular complexity index is 467. The van der Waals surface area contributed by atoms with Gasteiger partial charge in [-0.1, -0.05) is 6.07 Å². The lowest BCUT2D eigenvalue weighted by Crippen LogP contribution is -2.44. The van der Waals surface area contributed by atoms with E-state index in [-0.39, 0.29) is 5.75 Å². The van der Waals surface area contributed by atoms with Crippen LogP contribution in [0.1, 0.15) is 18.5 Å². The van der Waals surface area contributed by atoms with E-state index in [1.807, 2.05) is 13.1 Å². The second kappa shape index (κ2) is 5.77. The van der Waals surface area contributed by atoms with Gasteiger partial charge in [0.15, 0.2) is 0 Å². The van der Waals surface area contributed by atoms with Gasteiger partial charge in [-0.2, -0.15) is 0 Å². The first-order valence-electron chi connectivity index (χ1n) is 6.17. The van der Waals surface area contributed by atoms with Gasteiger partial charge in [0.1, 0.15) is 5.75 Å². The number of hydrogen-bond acceptors (Lipinski definition) is 4. The van der Waals surface area contributed by atoms with Gasteiger partial charge in [-0.05, 0) is 32.0 Å². The van der Waals surface area contributed by atoms with E-state index in [4.69, 9.17) is 0 Å². The van der Waals surface area contributed by atoms with Crippen molar-refractivity contribution in [2.24, 2.45) is 0 Å². The van der Waals surface area contributed by atoms with E-state index < -0.39 is 10.0 Å². The number of pyridine rings is 1. The molecule has 1 fully saturated rings. The molecule has 0 unspecified atom stereocenters. The minimum atomic E-state index is -3.22. The summed E-state index contributed by atoms with van der Waals surface area (Å²) in [4.78, 5) is 4.07. The van der Waals surface area contributed by atoms with Crippen LogP contribution in [0.4, 0.5) is 0 Å². The highest BCUT2D eigenvalue weighted by molar-refractivity contribution is 7.88. The second-order valence-electron chi connectivity index (χ2n) is 4.54. The van der Waals surface area contributed by atoms with E-state index in [9.17, 15) is 8.42 Å². The molecule has 1 saturated heterocycles. The Morgan fingerprint density at radius 1 is 1.39 bits per heavy atom. The molecule has 0 amide bonds. The van der Waals surface area contributed by atoms with E-state index >= 15 is 0 Å². The number of sulfonamides is 1.